The van der Waals surface area contributed by atoms with Gasteiger partial charge in [-0.2, -0.15) is 0 Å². The second-order valence-corrected chi connectivity index (χ2v) is 7.64. The van der Waals surface area contributed by atoms with Gasteiger partial charge in [0.15, 0.2) is 5.43 Å². The van der Waals surface area contributed by atoms with E-state index in [9.17, 15) is 4.79 Å². The van der Waals surface area contributed by atoms with Crippen LogP contribution >= 0.6 is 0 Å². The molecule has 0 spiro atoms. The normalized spacial score (nSPS) is 10.7. The van der Waals surface area contributed by atoms with Gasteiger partial charge in [-0.05, 0) is 29.7 Å². The van der Waals surface area contributed by atoms with Crippen LogP contribution in [-0.2, 0) is 19.6 Å². The minimum absolute atomic E-state index is 0.0841. The predicted octanol–water partition coefficient (Wildman–Crippen LogP) is 6.34. The van der Waals surface area contributed by atoms with Crippen molar-refractivity contribution in [2.24, 2.45) is 0 Å². The topological polar surface area (TPSA) is 48.7 Å². The van der Waals surface area contributed by atoms with Gasteiger partial charge >= 0.3 is 0 Å². The van der Waals surface area contributed by atoms with E-state index in [-0.39, 0.29) is 5.43 Å². The van der Waals surface area contributed by atoms with Crippen LogP contribution in [0.15, 0.2) is 94.1 Å². The minimum atomic E-state index is -0.0841. The molecule has 0 bridgehead atoms. The standard InChI is InChI=1S/C28H26O4/c1-3-24-15-23(29)16-28(32-24)25-14-20(2)26(30-18-21-10-6-4-7-11-21)17-27(25)31-19-22-12-8-5-9-13-22/h4-17H,3,18-19H2,1-2H3. The predicted molar refractivity (Wildman–Crippen MR) is 126 cm³/mol. The number of aryl methyl sites for hydroxylation is 2. The van der Waals surface area contributed by atoms with Crippen LogP contribution in [0.1, 0.15) is 29.4 Å². The Labute approximate surface area is 188 Å². The van der Waals surface area contributed by atoms with Crippen LogP contribution in [0.4, 0.5) is 0 Å². The van der Waals surface area contributed by atoms with Gasteiger partial charge in [-0.3, -0.25) is 4.79 Å². The molecule has 0 amide bonds. The number of hydrogen-bond donors (Lipinski definition) is 0. The minimum Gasteiger partial charge on any atom is -0.488 e. The molecule has 4 rings (SSSR count). The maximum Gasteiger partial charge on any atom is 0.185 e. The third-order valence-corrected chi connectivity index (χ3v) is 5.18. The Morgan fingerprint density at radius 3 is 1.94 bits per heavy atom. The van der Waals surface area contributed by atoms with Crippen molar-refractivity contribution in [2.75, 3.05) is 0 Å². The Kier molecular flexibility index (Phi) is 6.71. The van der Waals surface area contributed by atoms with E-state index in [2.05, 4.69) is 0 Å². The van der Waals surface area contributed by atoms with Gasteiger partial charge in [0, 0.05) is 24.6 Å². The van der Waals surface area contributed by atoms with E-state index in [0.717, 1.165) is 28.0 Å². The molecule has 32 heavy (non-hydrogen) atoms. The smallest absolute Gasteiger partial charge is 0.185 e. The average Bonchev–Trinajstić information content (AvgIpc) is 2.83. The van der Waals surface area contributed by atoms with E-state index in [4.69, 9.17) is 13.9 Å². The molecule has 162 valence electrons. The molecule has 0 saturated heterocycles. The van der Waals surface area contributed by atoms with Crippen LogP contribution < -0.4 is 14.9 Å². The largest absolute Gasteiger partial charge is 0.488 e. The summed E-state index contributed by atoms with van der Waals surface area (Å²) < 4.78 is 18.3. The Hall–Kier alpha value is -3.79. The van der Waals surface area contributed by atoms with E-state index in [0.29, 0.717) is 36.9 Å². The maximum atomic E-state index is 12.2. The van der Waals surface area contributed by atoms with Gasteiger partial charge < -0.3 is 13.9 Å². The van der Waals surface area contributed by atoms with Gasteiger partial charge in [0.1, 0.15) is 36.2 Å². The lowest BCUT2D eigenvalue weighted by Gasteiger charge is -2.16. The second-order valence-electron chi connectivity index (χ2n) is 7.64. The highest BCUT2D eigenvalue weighted by molar-refractivity contribution is 5.69. The molecule has 0 atom stereocenters. The third-order valence-electron chi connectivity index (χ3n) is 5.18. The van der Waals surface area contributed by atoms with Crippen molar-refractivity contribution in [2.45, 2.75) is 33.5 Å². The molecule has 0 aliphatic heterocycles. The first-order valence-electron chi connectivity index (χ1n) is 10.7. The quantitative estimate of drug-likeness (QED) is 0.330. The van der Waals surface area contributed by atoms with E-state index in [1.807, 2.05) is 86.6 Å². The van der Waals surface area contributed by atoms with Crippen LogP contribution in [0.3, 0.4) is 0 Å². The highest BCUT2D eigenvalue weighted by atomic mass is 16.5. The summed E-state index contributed by atoms with van der Waals surface area (Å²) in [5.74, 6) is 2.48. The summed E-state index contributed by atoms with van der Waals surface area (Å²) in [6.45, 7) is 4.79. The molecule has 4 heteroatoms. The summed E-state index contributed by atoms with van der Waals surface area (Å²) in [6.07, 6.45) is 0.639. The second kappa shape index (κ2) is 10.0. The molecule has 0 aliphatic rings. The number of ether oxygens (including phenoxy) is 2. The molecule has 4 nitrogen and oxygen atoms in total. The molecular weight excluding hydrogens is 400 g/mol. The molecule has 0 saturated carbocycles. The van der Waals surface area contributed by atoms with E-state index in [1.54, 1.807) is 0 Å². The lowest BCUT2D eigenvalue weighted by molar-refractivity contribution is 0.289. The zero-order chi connectivity index (χ0) is 22.3. The summed E-state index contributed by atoms with van der Waals surface area (Å²) in [4.78, 5) is 12.2. The van der Waals surface area contributed by atoms with Crippen molar-refractivity contribution < 1.29 is 13.9 Å². The van der Waals surface area contributed by atoms with Gasteiger partial charge in [0.25, 0.3) is 0 Å². The molecule has 0 aliphatic carbocycles. The fraction of sp³-hybridized carbons (Fsp3) is 0.179. The molecule has 1 heterocycles. The molecule has 4 aromatic rings. The molecule has 3 aromatic carbocycles. The Bertz CT molecular complexity index is 1230. The average molecular weight is 427 g/mol. The summed E-state index contributed by atoms with van der Waals surface area (Å²) in [5.41, 5.74) is 3.73. The first-order valence-corrected chi connectivity index (χ1v) is 10.7. The number of benzene rings is 3. The fourth-order valence-electron chi connectivity index (χ4n) is 3.44. The zero-order valence-electron chi connectivity index (χ0n) is 18.3. The van der Waals surface area contributed by atoms with Gasteiger partial charge in [0.05, 0.1) is 5.56 Å². The van der Waals surface area contributed by atoms with Gasteiger partial charge in [-0.1, -0.05) is 67.6 Å². The monoisotopic (exact) mass is 426 g/mol. The van der Waals surface area contributed by atoms with Crippen molar-refractivity contribution in [3.8, 4) is 22.8 Å². The van der Waals surface area contributed by atoms with Crippen LogP contribution in [0, 0.1) is 6.92 Å². The molecule has 0 fully saturated rings. The van der Waals surface area contributed by atoms with E-state index < -0.39 is 0 Å². The third kappa shape index (κ3) is 5.27. The van der Waals surface area contributed by atoms with Crippen molar-refractivity contribution in [1.82, 2.24) is 0 Å². The van der Waals surface area contributed by atoms with Crippen molar-refractivity contribution in [3.05, 3.63) is 118 Å². The molecule has 1 aromatic heterocycles. The van der Waals surface area contributed by atoms with Crippen LogP contribution in [-0.4, -0.2) is 0 Å². The lowest BCUT2D eigenvalue weighted by atomic mass is 10.1. The number of rotatable bonds is 8. The van der Waals surface area contributed by atoms with Gasteiger partial charge in [-0.15, -0.1) is 0 Å². The van der Waals surface area contributed by atoms with Crippen LogP contribution in [0.2, 0.25) is 0 Å². The summed E-state index contributed by atoms with van der Waals surface area (Å²) >= 11 is 0. The summed E-state index contributed by atoms with van der Waals surface area (Å²) in [7, 11) is 0. The van der Waals surface area contributed by atoms with E-state index in [1.165, 1.54) is 12.1 Å². The molecule has 0 unspecified atom stereocenters. The first kappa shape index (κ1) is 21.4. The first-order chi connectivity index (χ1) is 15.6. The van der Waals surface area contributed by atoms with Crippen molar-refractivity contribution in [3.63, 3.8) is 0 Å². The summed E-state index contributed by atoms with van der Waals surface area (Å²) in [5, 5.41) is 0. The zero-order valence-corrected chi connectivity index (χ0v) is 18.3. The van der Waals surface area contributed by atoms with Gasteiger partial charge in [0.2, 0.25) is 0 Å². The Morgan fingerprint density at radius 2 is 1.34 bits per heavy atom. The Balaban J connectivity index is 1.69. The highest BCUT2D eigenvalue weighted by Gasteiger charge is 2.15. The molecular formula is C28H26O4. The highest BCUT2D eigenvalue weighted by Crippen LogP contribution is 2.37. The molecule has 0 N–H and O–H groups in total. The fourth-order valence-corrected chi connectivity index (χ4v) is 3.44. The SMILES string of the molecule is CCc1cc(=O)cc(-c2cc(C)c(OCc3ccccc3)cc2OCc2ccccc2)o1. The van der Waals surface area contributed by atoms with Crippen LogP contribution in [0.25, 0.3) is 11.3 Å². The lowest BCUT2D eigenvalue weighted by Crippen LogP contribution is -2.03. The van der Waals surface area contributed by atoms with Gasteiger partial charge in [-0.25, -0.2) is 0 Å². The van der Waals surface area contributed by atoms with Crippen LogP contribution in [0.5, 0.6) is 11.5 Å². The van der Waals surface area contributed by atoms with Crippen molar-refractivity contribution in [1.29, 1.82) is 0 Å². The number of hydrogen-bond acceptors (Lipinski definition) is 4. The molecule has 0 radical (unpaired) electrons. The Morgan fingerprint density at radius 1 is 0.750 bits per heavy atom. The summed E-state index contributed by atoms with van der Waals surface area (Å²) in [6, 6.07) is 26.9. The van der Waals surface area contributed by atoms with E-state index >= 15 is 0 Å². The van der Waals surface area contributed by atoms with Crippen molar-refractivity contribution >= 4 is 0 Å². The maximum absolute atomic E-state index is 12.2.